The zero-order valence-electron chi connectivity index (χ0n) is 22.7. The zero-order valence-corrected chi connectivity index (χ0v) is 23.5. The van der Waals surface area contributed by atoms with Gasteiger partial charge in [-0.15, -0.1) is 15.2 Å². The molecule has 0 bridgehead atoms. The Morgan fingerprint density at radius 1 is 1.27 bits per heavy atom. The van der Waals surface area contributed by atoms with Gasteiger partial charge in [-0.1, -0.05) is 6.92 Å². The Morgan fingerprint density at radius 3 is 2.62 bits per heavy atom. The van der Waals surface area contributed by atoms with Crippen molar-refractivity contribution >= 4 is 15.5 Å². The van der Waals surface area contributed by atoms with Gasteiger partial charge in [0.1, 0.15) is 17.7 Å². The largest absolute Gasteiger partial charge is 0.493 e. The van der Waals surface area contributed by atoms with Crippen LogP contribution in [0.5, 0.6) is 5.75 Å². The molecule has 3 heterocycles. The number of rotatable bonds is 12. The molecule has 1 saturated heterocycles. The summed E-state index contributed by atoms with van der Waals surface area (Å²) in [6.07, 6.45) is 1.67. The van der Waals surface area contributed by atoms with Crippen LogP contribution in [0.3, 0.4) is 0 Å². The molecule has 4 rings (SSSR count). The van der Waals surface area contributed by atoms with Crippen LogP contribution in [0.4, 0.5) is 0 Å². The Balaban J connectivity index is 1.64. The fourth-order valence-electron chi connectivity index (χ4n) is 5.06. The monoisotopic (exact) mass is 578 g/mol. The number of piperidine rings is 1. The van der Waals surface area contributed by atoms with Crippen molar-refractivity contribution in [3.8, 4) is 17.1 Å². The first kappa shape index (κ1) is 29.4. The lowest BCUT2D eigenvalue weighted by atomic mass is 9.92. The minimum atomic E-state index is -3.92. The van der Waals surface area contributed by atoms with E-state index in [0.717, 1.165) is 6.42 Å². The predicted molar refractivity (Wildman–Crippen MR) is 144 cm³/mol. The standard InChI is InChI=1S/C25H34N6O8S/c1-4-6-22-26-16(3)23-25(33)27-24(28-30(22)23)20-14-19(7-8-21(20)38-5-2)40(36,37)29-11-9-17(10-12-29)13-18(15-32)39-31(34)35/h7-8,14,17-18,32H,4-6,9-13,15H2,1-3H3,(H,27,28,33). The summed E-state index contributed by atoms with van der Waals surface area (Å²) in [4.78, 5) is 35.4. The molecular weight excluding hydrogens is 544 g/mol. The maximum Gasteiger partial charge on any atom is 0.294 e. The lowest BCUT2D eigenvalue weighted by Gasteiger charge is -2.32. The molecule has 0 spiro atoms. The van der Waals surface area contributed by atoms with E-state index in [1.165, 1.54) is 21.0 Å². The molecule has 0 amide bonds. The molecule has 1 aromatic carbocycles. The maximum atomic E-state index is 13.6. The molecule has 2 N–H and O–H groups in total. The number of hydrogen-bond acceptors (Lipinski definition) is 10. The van der Waals surface area contributed by atoms with Crippen molar-refractivity contribution in [2.75, 3.05) is 26.3 Å². The van der Waals surface area contributed by atoms with E-state index in [-0.39, 0.29) is 36.1 Å². The van der Waals surface area contributed by atoms with Gasteiger partial charge in [0.15, 0.2) is 11.3 Å². The molecule has 1 fully saturated rings. The van der Waals surface area contributed by atoms with Crippen LogP contribution in [0, 0.1) is 23.0 Å². The molecule has 14 nitrogen and oxygen atoms in total. The summed E-state index contributed by atoms with van der Waals surface area (Å²) in [5.41, 5.74) is 0.832. The second kappa shape index (κ2) is 12.3. The fraction of sp³-hybridized carbons (Fsp3) is 0.560. The molecule has 1 unspecified atom stereocenters. The van der Waals surface area contributed by atoms with Crippen molar-refractivity contribution in [1.82, 2.24) is 23.9 Å². The number of aliphatic hydroxyl groups is 1. The highest BCUT2D eigenvalue weighted by Crippen LogP contribution is 2.33. The Bertz CT molecular complexity index is 1530. The normalized spacial score (nSPS) is 15.8. The van der Waals surface area contributed by atoms with Crippen molar-refractivity contribution in [1.29, 1.82) is 0 Å². The van der Waals surface area contributed by atoms with Gasteiger partial charge in [-0.25, -0.2) is 17.9 Å². The Kier molecular flexibility index (Phi) is 9.05. The Hall–Kier alpha value is -3.56. The van der Waals surface area contributed by atoms with E-state index in [1.807, 2.05) is 6.92 Å². The van der Waals surface area contributed by atoms with Gasteiger partial charge in [-0.3, -0.25) is 4.79 Å². The molecule has 0 aliphatic carbocycles. The minimum Gasteiger partial charge on any atom is -0.493 e. The summed E-state index contributed by atoms with van der Waals surface area (Å²) < 4.78 is 35.9. The number of aromatic nitrogens is 4. The van der Waals surface area contributed by atoms with Crippen molar-refractivity contribution in [2.24, 2.45) is 5.92 Å². The Morgan fingerprint density at radius 2 is 2.00 bits per heavy atom. The smallest absolute Gasteiger partial charge is 0.294 e. The first-order chi connectivity index (χ1) is 19.1. The molecule has 1 aliphatic rings. The number of fused-ring (bicyclic) bond motifs is 1. The summed E-state index contributed by atoms with van der Waals surface area (Å²) in [7, 11) is -3.92. The highest BCUT2D eigenvalue weighted by Gasteiger charge is 2.32. The highest BCUT2D eigenvalue weighted by atomic mass is 32.2. The van der Waals surface area contributed by atoms with Crippen molar-refractivity contribution in [3.63, 3.8) is 0 Å². The Labute approximate surface area is 231 Å². The lowest BCUT2D eigenvalue weighted by Crippen LogP contribution is -2.39. The van der Waals surface area contributed by atoms with Crippen LogP contribution in [-0.2, 0) is 21.3 Å². The minimum absolute atomic E-state index is 0.0210. The van der Waals surface area contributed by atoms with Gasteiger partial charge < -0.3 is 19.7 Å². The third-order valence-electron chi connectivity index (χ3n) is 6.97. The number of aliphatic hydroxyl groups excluding tert-OH is 1. The van der Waals surface area contributed by atoms with Crippen LogP contribution in [0.25, 0.3) is 16.9 Å². The quantitative estimate of drug-likeness (QED) is 0.238. The number of hydrogen-bond donors (Lipinski definition) is 2. The maximum absolute atomic E-state index is 13.6. The van der Waals surface area contributed by atoms with Crippen LogP contribution in [-0.4, -0.2) is 74.9 Å². The highest BCUT2D eigenvalue weighted by molar-refractivity contribution is 7.89. The molecule has 218 valence electrons. The fourth-order valence-corrected chi connectivity index (χ4v) is 6.55. The summed E-state index contributed by atoms with van der Waals surface area (Å²) in [5, 5.41) is 23.7. The van der Waals surface area contributed by atoms with Crippen LogP contribution in [0.15, 0.2) is 27.9 Å². The van der Waals surface area contributed by atoms with Gasteiger partial charge in [-0.2, -0.15) is 4.31 Å². The number of ether oxygens (including phenoxy) is 1. The lowest BCUT2D eigenvalue weighted by molar-refractivity contribution is -0.769. The van der Waals surface area contributed by atoms with E-state index >= 15 is 0 Å². The number of aryl methyl sites for hydroxylation is 2. The number of imidazole rings is 1. The molecule has 0 radical (unpaired) electrons. The molecule has 1 aliphatic heterocycles. The van der Waals surface area contributed by atoms with E-state index in [1.54, 1.807) is 19.9 Å². The van der Waals surface area contributed by atoms with E-state index in [4.69, 9.17) is 4.74 Å². The van der Waals surface area contributed by atoms with Crippen LogP contribution in [0.2, 0.25) is 0 Å². The van der Waals surface area contributed by atoms with Crippen LogP contribution < -0.4 is 10.3 Å². The van der Waals surface area contributed by atoms with Gasteiger partial charge in [-0.05, 0) is 63.6 Å². The van der Waals surface area contributed by atoms with E-state index in [0.29, 0.717) is 54.2 Å². The molecule has 3 aromatic rings. The topological polar surface area (TPSA) is 182 Å². The molecule has 15 heteroatoms. The van der Waals surface area contributed by atoms with E-state index < -0.39 is 33.4 Å². The van der Waals surface area contributed by atoms with Gasteiger partial charge in [0.05, 0.1) is 29.4 Å². The second-order valence-electron chi connectivity index (χ2n) is 9.73. The van der Waals surface area contributed by atoms with Crippen molar-refractivity contribution in [3.05, 3.63) is 50.2 Å². The first-order valence-corrected chi connectivity index (χ1v) is 14.7. The van der Waals surface area contributed by atoms with Crippen molar-refractivity contribution in [2.45, 2.75) is 63.9 Å². The molecule has 2 aromatic heterocycles. The predicted octanol–water partition coefficient (Wildman–Crippen LogP) is 2.10. The zero-order chi connectivity index (χ0) is 29.0. The van der Waals surface area contributed by atoms with E-state index in [9.17, 15) is 28.4 Å². The SMILES string of the molecule is CCCc1nc(C)c2c(=O)[nH]c(-c3cc(S(=O)(=O)N4CCC(CC(CO)O[N+](=O)[O-])CC4)ccc3OCC)nn12. The summed E-state index contributed by atoms with van der Waals surface area (Å²) in [5.74, 6) is 1.14. The van der Waals surface area contributed by atoms with Crippen LogP contribution >= 0.6 is 0 Å². The van der Waals surface area contributed by atoms with Crippen molar-refractivity contribution < 1.29 is 28.2 Å². The number of benzene rings is 1. The average molecular weight is 579 g/mol. The molecule has 0 saturated carbocycles. The second-order valence-corrected chi connectivity index (χ2v) is 11.7. The van der Waals surface area contributed by atoms with E-state index in [2.05, 4.69) is 19.9 Å². The number of H-pyrrole nitrogens is 1. The summed E-state index contributed by atoms with van der Waals surface area (Å²) in [6.45, 7) is 5.79. The van der Waals surface area contributed by atoms with Crippen LogP contribution in [0.1, 0.15) is 51.0 Å². The molecule has 40 heavy (non-hydrogen) atoms. The average Bonchev–Trinajstić information content (AvgIpc) is 3.24. The van der Waals surface area contributed by atoms with Gasteiger partial charge >= 0.3 is 0 Å². The summed E-state index contributed by atoms with van der Waals surface area (Å²) >= 11 is 0. The van der Waals surface area contributed by atoms with Gasteiger partial charge in [0.25, 0.3) is 10.6 Å². The van der Waals surface area contributed by atoms with Gasteiger partial charge in [0.2, 0.25) is 10.0 Å². The number of aromatic amines is 1. The number of nitrogens with one attached hydrogen (secondary N) is 1. The third kappa shape index (κ3) is 6.10. The molecule has 1 atom stereocenters. The number of nitrogens with zero attached hydrogens (tertiary/aromatic N) is 5. The third-order valence-corrected chi connectivity index (χ3v) is 8.86. The summed E-state index contributed by atoms with van der Waals surface area (Å²) in [6, 6.07) is 4.46. The molecular formula is C25H34N6O8S. The van der Waals surface area contributed by atoms with Gasteiger partial charge in [0, 0.05) is 19.5 Å². The first-order valence-electron chi connectivity index (χ1n) is 13.3. The number of sulfonamides is 1.